The Morgan fingerprint density at radius 3 is 2.79 bits per heavy atom. The van der Waals surface area contributed by atoms with Crippen LogP contribution in [0.5, 0.6) is 0 Å². The third-order valence-corrected chi connectivity index (χ3v) is 4.13. The molecule has 0 bridgehead atoms. The van der Waals surface area contributed by atoms with Crippen LogP contribution in [0.4, 0.5) is 0 Å². The van der Waals surface area contributed by atoms with E-state index < -0.39 is 0 Å². The first-order valence-electron chi connectivity index (χ1n) is 6.48. The summed E-state index contributed by atoms with van der Waals surface area (Å²) in [4.78, 5) is 4.36. The Morgan fingerprint density at radius 1 is 1.42 bits per heavy atom. The number of hydrogen-bond donors (Lipinski definition) is 1. The van der Waals surface area contributed by atoms with Crippen LogP contribution in [0.2, 0.25) is 0 Å². The van der Waals surface area contributed by atoms with E-state index in [9.17, 15) is 0 Å². The van der Waals surface area contributed by atoms with E-state index in [0.29, 0.717) is 0 Å². The third-order valence-electron chi connectivity index (χ3n) is 3.21. The van der Waals surface area contributed by atoms with Crippen LogP contribution in [0.3, 0.4) is 0 Å². The summed E-state index contributed by atoms with van der Waals surface area (Å²) in [5, 5.41) is 7.97. The van der Waals surface area contributed by atoms with E-state index in [1.807, 2.05) is 36.1 Å². The van der Waals surface area contributed by atoms with Gasteiger partial charge in [-0.1, -0.05) is 13.0 Å². The van der Waals surface area contributed by atoms with Gasteiger partial charge in [-0.3, -0.25) is 9.67 Å². The minimum absolute atomic E-state index is 0.216. The Bertz CT molecular complexity index is 536. The molecule has 1 N–H and O–H groups in total. The second-order valence-electron chi connectivity index (χ2n) is 4.54. The lowest BCUT2D eigenvalue weighted by molar-refractivity contribution is 0.537. The van der Waals surface area contributed by atoms with Crippen LogP contribution in [-0.2, 0) is 20.0 Å². The van der Waals surface area contributed by atoms with E-state index in [1.165, 1.54) is 5.69 Å². The molecule has 0 saturated heterocycles. The fourth-order valence-corrected chi connectivity index (χ4v) is 2.75. The van der Waals surface area contributed by atoms with Gasteiger partial charge >= 0.3 is 0 Å². The number of pyridine rings is 1. The summed E-state index contributed by atoms with van der Waals surface area (Å²) < 4.78 is 3.04. The van der Waals surface area contributed by atoms with E-state index in [-0.39, 0.29) is 6.04 Å². The second kappa shape index (κ2) is 6.30. The lowest BCUT2D eigenvalue weighted by Gasteiger charge is -2.13. The molecule has 5 heteroatoms. The second-order valence-corrected chi connectivity index (χ2v) is 5.33. The van der Waals surface area contributed by atoms with Gasteiger partial charge in [0.1, 0.15) is 0 Å². The molecule has 0 spiro atoms. The molecule has 0 aliphatic heterocycles. The molecule has 19 heavy (non-hydrogen) atoms. The van der Waals surface area contributed by atoms with E-state index in [2.05, 4.69) is 45.2 Å². The van der Waals surface area contributed by atoms with Gasteiger partial charge in [0.2, 0.25) is 0 Å². The van der Waals surface area contributed by atoms with Gasteiger partial charge in [-0.05, 0) is 41.4 Å². The van der Waals surface area contributed by atoms with Crippen LogP contribution in [0, 0.1) is 0 Å². The fraction of sp³-hybridized carbons (Fsp3) is 0.429. The summed E-state index contributed by atoms with van der Waals surface area (Å²) in [6.07, 6.45) is 2.76. The van der Waals surface area contributed by atoms with Crippen LogP contribution in [0.1, 0.15) is 37.0 Å². The summed E-state index contributed by atoms with van der Waals surface area (Å²) in [5.74, 6) is 0. The van der Waals surface area contributed by atoms with Crippen molar-refractivity contribution in [3.05, 3.63) is 46.0 Å². The first-order chi connectivity index (χ1) is 9.13. The van der Waals surface area contributed by atoms with Crippen LogP contribution < -0.4 is 5.32 Å². The van der Waals surface area contributed by atoms with Gasteiger partial charge in [0.25, 0.3) is 0 Å². The average Bonchev–Trinajstić information content (AvgIpc) is 2.72. The quantitative estimate of drug-likeness (QED) is 0.920. The Balaban J connectivity index is 2.05. The lowest BCUT2D eigenvalue weighted by Crippen LogP contribution is -2.20. The lowest BCUT2D eigenvalue weighted by atomic mass is 10.2. The van der Waals surface area contributed by atoms with Crippen LogP contribution in [0.15, 0.2) is 28.9 Å². The van der Waals surface area contributed by atoms with Gasteiger partial charge in [0.05, 0.1) is 21.6 Å². The maximum absolute atomic E-state index is 4.49. The number of hydrogen-bond acceptors (Lipinski definition) is 3. The van der Waals surface area contributed by atoms with Crippen molar-refractivity contribution >= 4 is 15.9 Å². The van der Waals surface area contributed by atoms with Crippen molar-refractivity contribution in [3.8, 4) is 0 Å². The minimum Gasteiger partial charge on any atom is -0.303 e. The summed E-state index contributed by atoms with van der Waals surface area (Å²) in [7, 11) is 1.98. The topological polar surface area (TPSA) is 42.7 Å². The normalized spacial score (nSPS) is 12.6. The molecular formula is C14H19BrN4. The highest BCUT2D eigenvalue weighted by Gasteiger charge is 2.13. The average molecular weight is 323 g/mol. The number of aryl methyl sites for hydroxylation is 2. The third kappa shape index (κ3) is 3.22. The molecule has 0 radical (unpaired) electrons. The Hall–Kier alpha value is -1.20. The monoisotopic (exact) mass is 322 g/mol. The fourth-order valence-electron chi connectivity index (χ4n) is 2.00. The number of rotatable bonds is 5. The van der Waals surface area contributed by atoms with Gasteiger partial charge in [0.15, 0.2) is 0 Å². The Labute approximate surface area is 122 Å². The first-order valence-corrected chi connectivity index (χ1v) is 7.27. The molecule has 0 amide bonds. The minimum atomic E-state index is 0.216. The van der Waals surface area contributed by atoms with Gasteiger partial charge in [-0.25, -0.2) is 0 Å². The first kappa shape index (κ1) is 14.2. The van der Waals surface area contributed by atoms with Crippen molar-refractivity contribution in [2.75, 3.05) is 0 Å². The van der Waals surface area contributed by atoms with Gasteiger partial charge in [-0.15, -0.1) is 0 Å². The van der Waals surface area contributed by atoms with Crippen molar-refractivity contribution in [3.63, 3.8) is 0 Å². The van der Waals surface area contributed by atoms with Crippen molar-refractivity contribution in [2.45, 2.75) is 32.9 Å². The largest absolute Gasteiger partial charge is 0.303 e. The molecular weight excluding hydrogens is 304 g/mol. The van der Waals surface area contributed by atoms with E-state index in [4.69, 9.17) is 0 Å². The molecule has 2 aromatic heterocycles. The SMILES string of the molecule is CCc1nn(C)c(CN[C@H](C)c2ccccn2)c1Br. The van der Waals surface area contributed by atoms with Crippen molar-refractivity contribution < 1.29 is 0 Å². The van der Waals surface area contributed by atoms with Gasteiger partial charge in [-0.2, -0.15) is 5.10 Å². The van der Waals surface area contributed by atoms with Crippen molar-refractivity contribution in [1.82, 2.24) is 20.1 Å². The highest BCUT2D eigenvalue weighted by Crippen LogP contribution is 2.22. The van der Waals surface area contributed by atoms with E-state index in [1.54, 1.807) is 0 Å². The molecule has 2 rings (SSSR count). The maximum Gasteiger partial charge on any atom is 0.0767 e. The zero-order chi connectivity index (χ0) is 13.8. The molecule has 0 aliphatic carbocycles. The molecule has 1 atom stereocenters. The molecule has 0 saturated carbocycles. The number of halogens is 1. The van der Waals surface area contributed by atoms with Crippen LogP contribution in [0.25, 0.3) is 0 Å². The Morgan fingerprint density at radius 2 is 2.21 bits per heavy atom. The highest BCUT2D eigenvalue weighted by atomic mass is 79.9. The van der Waals surface area contributed by atoms with Gasteiger partial charge in [0, 0.05) is 25.8 Å². The maximum atomic E-state index is 4.49. The van der Waals surface area contributed by atoms with Crippen LogP contribution in [-0.4, -0.2) is 14.8 Å². The summed E-state index contributed by atoms with van der Waals surface area (Å²) in [6, 6.07) is 6.19. The predicted molar refractivity (Wildman–Crippen MR) is 79.8 cm³/mol. The van der Waals surface area contributed by atoms with Crippen molar-refractivity contribution in [2.24, 2.45) is 7.05 Å². The molecule has 0 unspecified atom stereocenters. The van der Waals surface area contributed by atoms with E-state index in [0.717, 1.165) is 28.8 Å². The predicted octanol–water partition coefficient (Wildman–Crippen LogP) is 2.99. The highest BCUT2D eigenvalue weighted by molar-refractivity contribution is 9.10. The molecule has 2 heterocycles. The molecule has 0 aromatic carbocycles. The van der Waals surface area contributed by atoms with Crippen molar-refractivity contribution in [1.29, 1.82) is 0 Å². The summed E-state index contributed by atoms with van der Waals surface area (Å²) in [6.45, 7) is 5.00. The number of aromatic nitrogens is 3. The van der Waals surface area contributed by atoms with Crippen LogP contribution >= 0.6 is 15.9 Å². The molecule has 2 aromatic rings. The number of nitrogens with one attached hydrogen (secondary N) is 1. The standard InChI is InChI=1S/C14H19BrN4/c1-4-11-14(15)13(19(3)18-11)9-17-10(2)12-7-5-6-8-16-12/h5-8,10,17H,4,9H2,1-3H3/t10-/m1/s1. The molecule has 0 fully saturated rings. The van der Waals surface area contributed by atoms with Gasteiger partial charge < -0.3 is 5.32 Å². The molecule has 0 aliphatic rings. The summed E-state index contributed by atoms with van der Waals surface area (Å²) in [5.41, 5.74) is 3.32. The zero-order valence-electron chi connectivity index (χ0n) is 11.5. The molecule has 4 nitrogen and oxygen atoms in total. The van der Waals surface area contributed by atoms with E-state index >= 15 is 0 Å². The smallest absolute Gasteiger partial charge is 0.0767 e. The Kier molecular flexibility index (Phi) is 4.71. The molecule has 102 valence electrons. The number of nitrogens with zero attached hydrogens (tertiary/aromatic N) is 3. The summed E-state index contributed by atoms with van der Waals surface area (Å²) >= 11 is 3.63. The zero-order valence-corrected chi connectivity index (χ0v) is 13.1.